The van der Waals surface area contributed by atoms with E-state index >= 15 is 0 Å². The fourth-order valence-corrected chi connectivity index (χ4v) is 4.57. The van der Waals surface area contributed by atoms with Crippen molar-refractivity contribution in [3.63, 3.8) is 0 Å². The molecule has 0 saturated carbocycles. The fourth-order valence-electron chi connectivity index (χ4n) is 3.52. The van der Waals surface area contributed by atoms with Crippen LogP contribution >= 0.6 is 23.2 Å². The molecule has 2 atom stereocenters. The number of rotatable bonds is 8. The Hall–Kier alpha value is -3.66. The normalized spacial score (nSPS) is 13.6. The van der Waals surface area contributed by atoms with Gasteiger partial charge in [0.15, 0.2) is 11.5 Å². The van der Waals surface area contributed by atoms with Gasteiger partial charge in [-0.3, -0.25) is 18.9 Å². The van der Waals surface area contributed by atoms with Crippen LogP contribution in [0.4, 0.5) is 18.9 Å². The number of methoxy groups -OCH3 is 1. The summed E-state index contributed by atoms with van der Waals surface area (Å²) < 4.78 is 57.8. The number of carbonyl (C=O) groups excluding carboxylic acids is 3. The molecule has 0 radical (unpaired) electrons. The predicted molar refractivity (Wildman–Crippen MR) is 148 cm³/mol. The summed E-state index contributed by atoms with van der Waals surface area (Å²) >= 11 is 12.2. The van der Waals surface area contributed by atoms with Crippen molar-refractivity contribution >= 4 is 61.7 Å². The average molecular weight is 635 g/mol. The third-order valence-electron chi connectivity index (χ3n) is 5.41. The van der Waals surface area contributed by atoms with Crippen molar-refractivity contribution < 1.29 is 36.5 Å². The zero-order chi connectivity index (χ0) is 30.7. The first-order valence-corrected chi connectivity index (χ1v) is 14.2. The number of ether oxygens (including phenoxy) is 1. The first-order valence-electron chi connectivity index (χ1n) is 11.4. The van der Waals surface area contributed by atoms with E-state index in [-0.39, 0.29) is 39.1 Å². The molecule has 17 heteroatoms. The van der Waals surface area contributed by atoms with Crippen LogP contribution in [0.5, 0.6) is 0 Å². The molecule has 3 rings (SSSR count). The van der Waals surface area contributed by atoms with Gasteiger partial charge in [0.05, 0.1) is 23.4 Å². The second-order valence-corrected chi connectivity index (χ2v) is 11.8. The maximum absolute atomic E-state index is 13.5. The lowest BCUT2D eigenvalue weighted by Gasteiger charge is -2.18. The van der Waals surface area contributed by atoms with Crippen molar-refractivity contribution in [2.24, 2.45) is 5.14 Å². The van der Waals surface area contributed by atoms with E-state index in [2.05, 4.69) is 25.5 Å². The second kappa shape index (κ2) is 12.5. The summed E-state index contributed by atoms with van der Waals surface area (Å²) in [7, 11) is -1.81. The maximum atomic E-state index is 13.5. The Morgan fingerprint density at radius 1 is 1.22 bits per heavy atom. The molecule has 2 unspecified atom stereocenters. The predicted octanol–water partition coefficient (Wildman–Crippen LogP) is 3.41. The zero-order valence-corrected chi connectivity index (χ0v) is 23.9. The molecular formula is C24H23Cl2F3N6O5S. The van der Waals surface area contributed by atoms with Crippen LogP contribution in [0.1, 0.15) is 38.5 Å². The zero-order valence-electron chi connectivity index (χ0n) is 21.6. The van der Waals surface area contributed by atoms with Crippen LogP contribution in [0.2, 0.25) is 10.0 Å². The van der Waals surface area contributed by atoms with Gasteiger partial charge in [0.1, 0.15) is 11.7 Å². The number of halogens is 5. The van der Waals surface area contributed by atoms with Crippen molar-refractivity contribution in [1.29, 1.82) is 0 Å². The molecule has 0 aliphatic heterocycles. The summed E-state index contributed by atoms with van der Waals surface area (Å²) in [6.45, 7) is 1.48. The molecule has 0 bridgehead atoms. The van der Waals surface area contributed by atoms with Crippen LogP contribution in [0, 0.1) is 6.92 Å². The Balaban J connectivity index is 2.05. The number of pyridine rings is 1. The largest absolute Gasteiger partial charge is 0.467 e. The van der Waals surface area contributed by atoms with Crippen molar-refractivity contribution in [1.82, 2.24) is 20.1 Å². The van der Waals surface area contributed by atoms with Gasteiger partial charge in [-0.05, 0) is 42.1 Å². The van der Waals surface area contributed by atoms with Gasteiger partial charge in [0.25, 0.3) is 11.8 Å². The lowest BCUT2D eigenvalue weighted by Crippen LogP contribution is -2.42. The Bertz CT molecular complexity index is 1630. The number of nitrogens with one attached hydrogen (secondary N) is 2. The highest BCUT2D eigenvalue weighted by Crippen LogP contribution is 2.32. The topological polar surface area (TPSA) is 158 Å². The Kier molecular flexibility index (Phi) is 9.69. The first kappa shape index (κ1) is 31.9. The molecule has 2 heterocycles. The monoisotopic (exact) mass is 634 g/mol. The van der Waals surface area contributed by atoms with Gasteiger partial charge >= 0.3 is 12.1 Å². The van der Waals surface area contributed by atoms with Gasteiger partial charge in [-0.2, -0.15) is 18.3 Å². The number of anilines is 1. The van der Waals surface area contributed by atoms with Gasteiger partial charge in [-0.1, -0.05) is 23.2 Å². The standard InChI is InChI=1S/C24H23Cl2F3N6O5S/c1-12-9-13(25)10-14(21(36)32-16(23(38)40-2)6-8-41(3,30)39)19(12)33-22(37)17-11-18(24(27,28)29)34-35(17)20-15(26)5-4-7-31-20/h4-5,7-11,16H,6H2,1-3H3,(H2,30,39)(H,32,36)(H,33,37). The third-order valence-corrected chi connectivity index (χ3v) is 6.78. The van der Waals surface area contributed by atoms with Gasteiger partial charge in [-0.15, -0.1) is 0 Å². The van der Waals surface area contributed by atoms with Gasteiger partial charge in [0.2, 0.25) is 0 Å². The van der Waals surface area contributed by atoms with E-state index in [9.17, 15) is 31.8 Å². The molecular weight excluding hydrogens is 612 g/mol. The molecule has 2 amide bonds. The van der Waals surface area contributed by atoms with Gasteiger partial charge in [-0.25, -0.2) is 14.5 Å². The number of nitrogens with two attached hydrogens (primary N) is 1. The van der Waals surface area contributed by atoms with E-state index in [1.807, 2.05) is 0 Å². The van der Waals surface area contributed by atoms with E-state index in [4.69, 9.17) is 28.3 Å². The molecule has 11 nitrogen and oxygen atoms in total. The number of carbonyl (C=O) groups is 3. The first-order chi connectivity index (χ1) is 19.0. The highest BCUT2D eigenvalue weighted by atomic mass is 35.5. The van der Waals surface area contributed by atoms with Crippen LogP contribution < -0.4 is 15.8 Å². The summed E-state index contributed by atoms with van der Waals surface area (Å²) in [5, 5.41) is 14.9. The second-order valence-electron chi connectivity index (χ2n) is 8.65. The minimum atomic E-state index is -4.91. The number of alkyl halides is 3. The molecule has 3 aromatic rings. The van der Waals surface area contributed by atoms with E-state index < -0.39 is 51.1 Å². The smallest absolute Gasteiger partial charge is 0.435 e. The van der Waals surface area contributed by atoms with E-state index in [1.165, 1.54) is 43.6 Å². The van der Waals surface area contributed by atoms with Crippen LogP contribution in [-0.2, 0) is 25.4 Å². The van der Waals surface area contributed by atoms with Crippen LogP contribution in [0.15, 0.2) is 36.5 Å². The number of aromatic nitrogens is 3. The van der Waals surface area contributed by atoms with Crippen molar-refractivity contribution in [2.45, 2.75) is 25.6 Å². The fraction of sp³-hybridized carbons (Fsp3) is 0.250. The quantitative estimate of drug-likeness (QED) is 0.253. The number of aryl methyl sites for hydroxylation is 1. The molecule has 220 valence electrons. The number of benzene rings is 1. The minimum Gasteiger partial charge on any atom is -0.467 e. The molecule has 1 aromatic carbocycles. The molecule has 0 spiro atoms. The maximum Gasteiger partial charge on any atom is 0.435 e. The van der Waals surface area contributed by atoms with E-state index in [0.717, 1.165) is 12.5 Å². The number of hydrogen-bond acceptors (Lipinski definition) is 7. The highest BCUT2D eigenvalue weighted by molar-refractivity contribution is 7.98. The molecule has 0 saturated heterocycles. The number of nitrogens with zero attached hydrogens (tertiary/aromatic N) is 3. The Morgan fingerprint density at radius 3 is 2.49 bits per heavy atom. The Labute approximate surface area is 242 Å². The number of amides is 2. The lowest BCUT2D eigenvalue weighted by molar-refractivity contribution is -0.143. The van der Waals surface area contributed by atoms with Crippen molar-refractivity contribution in [3.8, 4) is 5.82 Å². The SMILES string of the molecule is COC(=O)C(CC=S(C)(N)=O)NC(=O)c1cc(Cl)cc(C)c1NC(=O)c1cc(C(F)(F)F)nn1-c1ncccc1Cl. The molecule has 4 N–H and O–H groups in total. The van der Waals surface area contributed by atoms with Crippen LogP contribution in [-0.4, -0.2) is 61.5 Å². The summed E-state index contributed by atoms with van der Waals surface area (Å²) in [4.78, 5) is 42.8. The van der Waals surface area contributed by atoms with E-state index in [1.54, 1.807) is 0 Å². The average Bonchev–Trinajstić information content (AvgIpc) is 3.33. The van der Waals surface area contributed by atoms with Crippen LogP contribution in [0.25, 0.3) is 5.82 Å². The molecule has 0 fully saturated rings. The summed E-state index contributed by atoms with van der Waals surface area (Å²) in [5.41, 5.74) is -2.09. The lowest BCUT2D eigenvalue weighted by atomic mass is 10.1. The molecule has 0 aliphatic rings. The van der Waals surface area contributed by atoms with Gasteiger partial charge < -0.3 is 15.4 Å². The Morgan fingerprint density at radius 2 is 1.90 bits per heavy atom. The highest BCUT2D eigenvalue weighted by Gasteiger charge is 2.37. The summed E-state index contributed by atoms with van der Waals surface area (Å²) in [6, 6.07) is 4.55. The summed E-state index contributed by atoms with van der Waals surface area (Å²) in [5.74, 6) is -3.13. The minimum absolute atomic E-state index is 0.0787. The molecule has 0 aliphatic carbocycles. The van der Waals surface area contributed by atoms with E-state index in [0.29, 0.717) is 10.7 Å². The molecule has 41 heavy (non-hydrogen) atoms. The molecule has 2 aromatic heterocycles. The summed E-state index contributed by atoms with van der Waals surface area (Å²) in [6.07, 6.45) is -2.69. The number of esters is 1. The van der Waals surface area contributed by atoms with Crippen molar-refractivity contribution in [2.75, 3.05) is 18.7 Å². The van der Waals surface area contributed by atoms with Crippen LogP contribution in [0.3, 0.4) is 0 Å². The number of hydrogen-bond donors (Lipinski definition) is 3. The third kappa shape index (κ3) is 7.97. The van der Waals surface area contributed by atoms with Gasteiger partial charge in [0, 0.05) is 39.7 Å². The van der Waals surface area contributed by atoms with Crippen molar-refractivity contribution in [3.05, 3.63) is 69.1 Å².